The third-order valence-electron chi connectivity index (χ3n) is 1.24. The summed E-state index contributed by atoms with van der Waals surface area (Å²) < 4.78 is 2.96. The lowest BCUT2D eigenvalue weighted by molar-refractivity contribution is 1.47. The lowest BCUT2D eigenvalue weighted by atomic mass is 10.2. The molecule has 1 aromatic carbocycles. The third kappa shape index (κ3) is 1.73. The molecule has 0 unspecified atom stereocenters. The van der Waals surface area contributed by atoms with Crippen molar-refractivity contribution in [3.05, 3.63) is 42.5 Å². The summed E-state index contributed by atoms with van der Waals surface area (Å²) in [5.41, 5.74) is 2.08. The molecule has 0 saturated carbocycles. The minimum Gasteiger partial charge on any atom is -0.328 e. The molecule has 0 atom stereocenters. The molecule has 2 heteroatoms. The van der Waals surface area contributed by atoms with Crippen LogP contribution < -0.4 is 3.53 Å². The first-order valence-electron chi connectivity index (χ1n) is 2.95. The quantitative estimate of drug-likeness (QED) is 0.623. The lowest BCUT2D eigenvalue weighted by Crippen LogP contribution is -1.93. The number of halogens is 1. The number of hydrogen-bond acceptors (Lipinski definition) is 1. The van der Waals surface area contributed by atoms with Gasteiger partial charge in [0, 0.05) is 5.70 Å². The second kappa shape index (κ2) is 3.61. The van der Waals surface area contributed by atoms with Crippen LogP contribution in [0.1, 0.15) is 5.56 Å². The van der Waals surface area contributed by atoms with E-state index in [0.29, 0.717) is 0 Å². The maximum atomic E-state index is 3.82. The molecule has 0 fully saturated rings. The van der Waals surface area contributed by atoms with E-state index in [-0.39, 0.29) is 0 Å². The predicted molar refractivity (Wildman–Crippen MR) is 52.6 cm³/mol. The summed E-state index contributed by atoms with van der Waals surface area (Å²) in [6, 6.07) is 10.0. The molecule has 0 amide bonds. The van der Waals surface area contributed by atoms with Crippen molar-refractivity contribution in [2.24, 2.45) is 0 Å². The van der Waals surface area contributed by atoms with E-state index in [4.69, 9.17) is 0 Å². The summed E-state index contributed by atoms with van der Waals surface area (Å²) in [5.74, 6) is 0. The zero-order valence-electron chi connectivity index (χ0n) is 5.47. The van der Waals surface area contributed by atoms with Gasteiger partial charge in [0.05, 0.1) is 22.9 Å². The Kier molecular flexibility index (Phi) is 2.74. The Hall–Kier alpha value is -0.510. The average Bonchev–Trinajstić information content (AvgIpc) is 2.05. The van der Waals surface area contributed by atoms with Crippen LogP contribution in [0.25, 0.3) is 5.70 Å². The van der Waals surface area contributed by atoms with Crippen molar-refractivity contribution < 1.29 is 0 Å². The Morgan fingerprint density at radius 1 is 1.30 bits per heavy atom. The van der Waals surface area contributed by atoms with E-state index >= 15 is 0 Å². The molecular formula is C8H8IN. The van der Waals surface area contributed by atoms with Crippen LogP contribution in [-0.2, 0) is 0 Å². The van der Waals surface area contributed by atoms with E-state index in [2.05, 4.69) is 33.0 Å². The first-order valence-corrected chi connectivity index (χ1v) is 4.03. The van der Waals surface area contributed by atoms with Gasteiger partial charge in [0.2, 0.25) is 0 Å². The van der Waals surface area contributed by atoms with E-state index in [0.717, 1.165) is 11.3 Å². The van der Waals surface area contributed by atoms with Crippen LogP contribution in [0.5, 0.6) is 0 Å². The van der Waals surface area contributed by atoms with E-state index in [1.165, 1.54) is 0 Å². The number of nitrogens with one attached hydrogen (secondary N) is 1. The molecule has 10 heavy (non-hydrogen) atoms. The fourth-order valence-corrected chi connectivity index (χ4v) is 1.01. The molecule has 1 N–H and O–H groups in total. The van der Waals surface area contributed by atoms with Crippen LogP contribution in [0.15, 0.2) is 36.9 Å². The van der Waals surface area contributed by atoms with E-state index in [1.54, 1.807) is 0 Å². The van der Waals surface area contributed by atoms with Crippen molar-refractivity contribution in [1.29, 1.82) is 0 Å². The molecule has 0 aliphatic carbocycles. The Labute approximate surface area is 74.6 Å². The molecule has 0 aliphatic rings. The SMILES string of the molecule is C=C(NI)c1ccccc1. The normalized spacial score (nSPS) is 8.90. The molecule has 0 aliphatic heterocycles. The highest BCUT2D eigenvalue weighted by molar-refractivity contribution is 14.1. The second-order valence-corrected chi connectivity index (χ2v) is 2.48. The predicted octanol–water partition coefficient (Wildman–Crippen LogP) is 2.60. The molecular weight excluding hydrogens is 237 g/mol. The molecule has 1 nitrogen and oxygen atoms in total. The van der Waals surface area contributed by atoms with Gasteiger partial charge in [-0.25, -0.2) is 0 Å². The Morgan fingerprint density at radius 2 is 1.90 bits per heavy atom. The van der Waals surface area contributed by atoms with Crippen molar-refractivity contribution in [3.63, 3.8) is 0 Å². The van der Waals surface area contributed by atoms with Gasteiger partial charge in [0.25, 0.3) is 0 Å². The second-order valence-electron chi connectivity index (χ2n) is 1.94. The summed E-state index contributed by atoms with van der Waals surface area (Å²) in [7, 11) is 0. The van der Waals surface area contributed by atoms with Crippen LogP contribution in [0.3, 0.4) is 0 Å². The minimum absolute atomic E-state index is 0.946. The first-order chi connectivity index (χ1) is 4.84. The monoisotopic (exact) mass is 245 g/mol. The van der Waals surface area contributed by atoms with Gasteiger partial charge in [0.15, 0.2) is 0 Å². The van der Waals surface area contributed by atoms with Gasteiger partial charge < -0.3 is 3.53 Å². The molecule has 52 valence electrons. The van der Waals surface area contributed by atoms with E-state index in [9.17, 15) is 0 Å². The summed E-state index contributed by atoms with van der Waals surface area (Å²) in [4.78, 5) is 0. The van der Waals surface area contributed by atoms with Gasteiger partial charge in [-0.15, -0.1) is 0 Å². The van der Waals surface area contributed by atoms with Crippen molar-refractivity contribution in [2.75, 3.05) is 0 Å². The van der Waals surface area contributed by atoms with Crippen LogP contribution in [0, 0.1) is 0 Å². The summed E-state index contributed by atoms with van der Waals surface area (Å²) >= 11 is 2.07. The maximum Gasteiger partial charge on any atom is 0.0560 e. The maximum absolute atomic E-state index is 3.82. The van der Waals surface area contributed by atoms with Gasteiger partial charge in [-0.2, -0.15) is 0 Å². The zero-order valence-corrected chi connectivity index (χ0v) is 7.63. The summed E-state index contributed by atoms with van der Waals surface area (Å²) in [5, 5.41) is 0. The Bertz CT molecular complexity index is 218. The first kappa shape index (κ1) is 7.60. The fourth-order valence-electron chi connectivity index (χ4n) is 0.694. The third-order valence-corrected chi connectivity index (χ3v) is 1.89. The van der Waals surface area contributed by atoms with Gasteiger partial charge in [-0.1, -0.05) is 36.9 Å². The summed E-state index contributed by atoms with van der Waals surface area (Å²) in [6.45, 7) is 3.82. The van der Waals surface area contributed by atoms with Crippen LogP contribution in [0.4, 0.5) is 0 Å². The number of rotatable bonds is 2. The van der Waals surface area contributed by atoms with Crippen molar-refractivity contribution in [2.45, 2.75) is 0 Å². The van der Waals surface area contributed by atoms with Crippen molar-refractivity contribution in [3.8, 4) is 0 Å². The smallest absolute Gasteiger partial charge is 0.0560 e. The molecule has 0 radical (unpaired) electrons. The Morgan fingerprint density at radius 3 is 2.40 bits per heavy atom. The van der Waals surface area contributed by atoms with Crippen LogP contribution >= 0.6 is 22.9 Å². The van der Waals surface area contributed by atoms with Crippen LogP contribution in [-0.4, -0.2) is 0 Å². The summed E-state index contributed by atoms with van der Waals surface area (Å²) in [6.07, 6.45) is 0. The highest BCUT2D eigenvalue weighted by Gasteiger charge is 1.91. The molecule has 0 heterocycles. The van der Waals surface area contributed by atoms with Gasteiger partial charge >= 0.3 is 0 Å². The average molecular weight is 245 g/mol. The molecule has 1 rings (SSSR count). The molecule has 0 saturated heterocycles. The lowest BCUT2D eigenvalue weighted by Gasteiger charge is -2.00. The van der Waals surface area contributed by atoms with E-state index in [1.807, 2.05) is 30.3 Å². The largest absolute Gasteiger partial charge is 0.328 e. The highest BCUT2D eigenvalue weighted by Crippen LogP contribution is 2.08. The van der Waals surface area contributed by atoms with Crippen molar-refractivity contribution in [1.82, 2.24) is 3.53 Å². The van der Waals surface area contributed by atoms with E-state index < -0.39 is 0 Å². The van der Waals surface area contributed by atoms with Crippen LogP contribution in [0.2, 0.25) is 0 Å². The number of benzene rings is 1. The van der Waals surface area contributed by atoms with Gasteiger partial charge in [0.1, 0.15) is 0 Å². The minimum atomic E-state index is 0.946. The highest BCUT2D eigenvalue weighted by atomic mass is 127. The fraction of sp³-hybridized carbons (Fsp3) is 0. The molecule has 1 aromatic rings. The standard InChI is InChI=1S/C8H8IN/c1-7(10-9)8-5-3-2-4-6-8/h2-6,10H,1H2. The van der Waals surface area contributed by atoms with Crippen molar-refractivity contribution >= 4 is 28.6 Å². The van der Waals surface area contributed by atoms with Gasteiger partial charge in [-0.3, -0.25) is 0 Å². The topological polar surface area (TPSA) is 12.0 Å². The number of hydrogen-bond donors (Lipinski definition) is 1. The van der Waals surface area contributed by atoms with Gasteiger partial charge in [-0.05, 0) is 5.56 Å². The molecule has 0 aromatic heterocycles. The molecule has 0 bridgehead atoms. The Balaban J connectivity index is 2.85. The molecule has 0 spiro atoms. The zero-order chi connectivity index (χ0) is 7.40.